The van der Waals surface area contributed by atoms with Crippen LogP contribution in [0.25, 0.3) is 11.3 Å². The first kappa shape index (κ1) is 22.2. The minimum Gasteiger partial charge on any atom is -0.350 e. The summed E-state index contributed by atoms with van der Waals surface area (Å²) in [6, 6.07) is 5.65. The number of thioether (sulfide) groups is 1. The molecular formula is C24H23F3N4OS. The molecule has 0 atom stereocenters. The topological polar surface area (TPSA) is 78.7 Å². The lowest BCUT2D eigenvalue weighted by atomic mass is 9.53. The Balaban J connectivity index is 1.37. The second-order valence-electron chi connectivity index (χ2n) is 9.62. The maximum absolute atomic E-state index is 13.7. The van der Waals surface area contributed by atoms with Crippen LogP contribution in [0.15, 0.2) is 35.6 Å². The van der Waals surface area contributed by atoms with E-state index in [1.165, 1.54) is 31.7 Å². The highest BCUT2D eigenvalue weighted by atomic mass is 32.2. The van der Waals surface area contributed by atoms with Crippen molar-refractivity contribution in [2.75, 3.05) is 5.75 Å². The summed E-state index contributed by atoms with van der Waals surface area (Å²) >= 11 is 0.886. The number of hydrogen-bond donors (Lipinski definition) is 1. The van der Waals surface area contributed by atoms with Crippen molar-refractivity contribution >= 4 is 17.7 Å². The third-order valence-electron chi connectivity index (χ3n) is 7.16. The average molecular weight is 473 g/mol. The maximum Gasteiger partial charge on any atom is 0.417 e. The van der Waals surface area contributed by atoms with Crippen LogP contribution < -0.4 is 5.32 Å². The Morgan fingerprint density at radius 1 is 1.15 bits per heavy atom. The Morgan fingerprint density at radius 2 is 1.76 bits per heavy atom. The van der Waals surface area contributed by atoms with Crippen LogP contribution in [0, 0.1) is 29.1 Å². The van der Waals surface area contributed by atoms with Crippen LogP contribution in [0.5, 0.6) is 0 Å². The van der Waals surface area contributed by atoms with Crippen molar-refractivity contribution in [1.29, 1.82) is 5.26 Å². The van der Waals surface area contributed by atoms with Gasteiger partial charge in [-0.05, 0) is 74.5 Å². The first-order valence-electron chi connectivity index (χ1n) is 11.1. The van der Waals surface area contributed by atoms with Gasteiger partial charge in [-0.25, -0.2) is 4.98 Å². The van der Waals surface area contributed by atoms with Crippen molar-refractivity contribution in [3.05, 3.63) is 41.7 Å². The molecule has 2 aromatic heterocycles. The van der Waals surface area contributed by atoms with Crippen molar-refractivity contribution in [3.63, 3.8) is 0 Å². The number of aromatic nitrogens is 2. The number of rotatable bonds is 5. The molecule has 6 rings (SSSR count). The maximum atomic E-state index is 13.7. The van der Waals surface area contributed by atoms with Gasteiger partial charge in [-0.15, -0.1) is 0 Å². The quantitative estimate of drug-likeness (QED) is 0.605. The number of nitrogens with zero attached hydrogens (tertiary/aromatic N) is 3. The second-order valence-corrected chi connectivity index (χ2v) is 10.6. The minimum absolute atomic E-state index is 0.0828. The number of nitriles is 1. The normalized spacial score (nSPS) is 27.9. The molecule has 4 saturated carbocycles. The molecule has 0 spiro atoms. The smallest absolute Gasteiger partial charge is 0.350 e. The molecule has 0 unspecified atom stereocenters. The highest BCUT2D eigenvalue weighted by Gasteiger charge is 2.51. The number of alkyl halides is 3. The lowest BCUT2D eigenvalue weighted by molar-refractivity contribution is -0.138. The molecule has 4 aliphatic carbocycles. The van der Waals surface area contributed by atoms with Crippen LogP contribution in [0.2, 0.25) is 0 Å². The molecule has 0 aliphatic heterocycles. The number of pyridine rings is 2. The van der Waals surface area contributed by atoms with Crippen LogP contribution in [-0.2, 0) is 11.0 Å². The van der Waals surface area contributed by atoms with Gasteiger partial charge in [0.1, 0.15) is 11.1 Å². The van der Waals surface area contributed by atoms with E-state index in [4.69, 9.17) is 0 Å². The van der Waals surface area contributed by atoms with Crippen molar-refractivity contribution < 1.29 is 18.0 Å². The first-order chi connectivity index (χ1) is 15.7. The van der Waals surface area contributed by atoms with Crippen LogP contribution in [0.4, 0.5) is 13.2 Å². The number of amides is 1. The summed E-state index contributed by atoms with van der Waals surface area (Å²) in [4.78, 5) is 21.1. The van der Waals surface area contributed by atoms with Gasteiger partial charge in [0.15, 0.2) is 0 Å². The van der Waals surface area contributed by atoms with Gasteiger partial charge in [-0.2, -0.15) is 18.4 Å². The molecule has 4 aliphatic rings. The van der Waals surface area contributed by atoms with Crippen LogP contribution >= 0.6 is 11.8 Å². The average Bonchev–Trinajstić information content (AvgIpc) is 2.75. The summed E-state index contributed by atoms with van der Waals surface area (Å²) in [5.74, 6) is 1.71. The van der Waals surface area contributed by atoms with Crippen molar-refractivity contribution in [2.24, 2.45) is 17.8 Å². The van der Waals surface area contributed by atoms with E-state index in [9.17, 15) is 23.2 Å². The number of carbonyl (C=O) groups is 1. The van der Waals surface area contributed by atoms with Gasteiger partial charge in [-0.3, -0.25) is 9.78 Å². The number of nitrogens with one attached hydrogen (secondary N) is 1. The van der Waals surface area contributed by atoms with E-state index in [2.05, 4.69) is 15.3 Å². The fourth-order valence-electron chi connectivity index (χ4n) is 6.36. The van der Waals surface area contributed by atoms with E-state index in [1.807, 2.05) is 0 Å². The second kappa shape index (κ2) is 8.32. The van der Waals surface area contributed by atoms with Gasteiger partial charge in [0, 0.05) is 23.5 Å². The standard InChI is InChI=1S/C24H23F3N4OS/c25-24(26,27)19-8-20(17-1-3-29-4-2-17)30-22(18(19)12-28)33-13-21(32)31-23-9-14-5-15(10-23)7-16(6-14)11-23/h1-4,8,14-16H,5-7,9-11,13H2,(H,31,32). The fraction of sp³-hybridized carbons (Fsp3) is 0.500. The Labute approximate surface area is 194 Å². The lowest BCUT2D eigenvalue weighted by Crippen LogP contribution is -2.60. The van der Waals surface area contributed by atoms with Gasteiger partial charge in [0.05, 0.1) is 22.6 Å². The summed E-state index contributed by atoms with van der Waals surface area (Å²) in [6.45, 7) is 0. The molecule has 9 heteroatoms. The van der Waals surface area contributed by atoms with Gasteiger partial charge in [0.25, 0.3) is 0 Å². The molecule has 4 bridgehead atoms. The number of halogens is 3. The molecule has 0 aromatic carbocycles. The molecular weight excluding hydrogens is 449 g/mol. The van der Waals surface area contributed by atoms with Gasteiger partial charge in [0.2, 0.25) is 5.91 Å². The summed E-state index contributed by atoms with van der Waals surface area (Å²) in [6.07, 6.45) is 4.95. The number of hydrogen-bond acceptors (Lipinski definition) is 5. The molecule has 5 nitrogen and oxygen atoms in total. The molecule has 1 N–H and O–H groups in total. The largest absolute Gasteiger partial charge is 0.417 e. The Morgan fingerprint density at radius 3 is 2.30 bits per heavy atom. The summed E-state index contributed by atoms with van der Waals surface area (Å²) in [7, 11) is 0. The third-order valence-corrected chi connectivity index (χ3v) is 8.14. The first-order valence-corrected chi connectivity index (χ1v) is 12.1. The van der Waals surface area contributed by atoms with Crippen molar-refractivity contribution in [3.8, 4) is 17.3 Å². The van der Waals surface area contributed by atoms with E-state index >= 15 is 0 Å². The van der Waals surface area contributed by atoms with Gasteiger partial charge in [-0.1, -0.05) is 11.8 Å². The zero-order valence-electron chi connectivity index (χ0n) is 17.9. The molecule has 2 heterocycles. The van der Waals surface area contributed by atoms with E-state index in [-0.39, 0.29) is 27.9 Å². The van der Waals surface area contributed by atoms with Crippen molar-refractivity contribution in [1.82, 2.24) is 15.3 Å². The predicted octanol–water partition coefficient (Wildman–Crippen LogP) is 5.21. The molecule has 4 fully saturated rings. The van der Waals surface area contributed by atoms with Crippen LogP contribution in [0.3, 0.4) is 0 Å². The molecule has 0 radical (unpaired) electrons. The summed E-state index contributed by atoms with van der Waals surface area (Å²) < 4.78 is 41.2. The van der Waals surface area contributed by atoms with E-state index in [0.717, 1.165) is 37.1 Å². The van der Waals surface area contributed by atoms with Gasteiger partial charge < -0.3 is 5.32 Å². The zero-order valence-corrected chi connectivity index (χ0v) is 18.7. The predicted molar refractivity (Wildman–Crippen MR) is 117 cm³/mol. The summed E-state index contributed by atoms with van der Waals surface area (Å²) in [5.41, 5.74) is -1.22. The SMILES string of the molecule is N#Cc1c(C(F)(F)F)cc(-c2ccncc2)nc1SCC(=O)NC12CC3CC(CC(C3)C1)C2. The number of carbonyl (C=O) groups excluding carboxylic acids is 1. The van der Waals surface area contributed by atoms with Gasteiger partial charge >= 0.3 is 6.18 Å². The molecule has 33 heavy (non-hydrogen) atoms. The third kappa shape index (κ3) is 4.45. The highest BCUT2D eigenvalue weighted by molar-refractivity contribution is 8.00. The van der Waals surface area contributed by atoms with E-state index in [0.29, 0.717) is 23.3 Å². The van der Waals surface area contributed by atoms with E-state index < -0.39 is 17.3 Å². The van der Waals surface area contributed by atoms with Crippen LogP contribution in [-0.4, -0.2) is 27.2 Å². The van der Waals surface area contributed by atoms with Crippen LogP contribution in [0.1, 0.15) is 49.7 Å². The highest BCUT2D eigenvalue weighted by Crippen LogP contribution is 2.55. The molecule has 2 aromatic rings. The minimum atomic E-state index is -4.72. The molecule has 1 amide bonds. The fourth-order valence-corrected chi connectivity index (χ4v) is 7.16. The Kier molecular flexibility index (Phi) is 5.60. The molecule has 0 saturated heterocycles. The monoisotopic (exact) mass is 472 g/mol. The van der Waals surface area contributed by atoms with Crippen molar-refractivity contribution in [2.45, 2.75) is 55.3 Å². The lowest BCUT2D eigenvalue weighted by Gasteiger charge is -2.56. The van der Waals surface area contributed by atoms with E-state index in [1.54, 1.807) is 18.2 Å². The Hall–Kier alpha value is -2.60. The summed E-state index contributed by atoms with van der Waals surface area (Å²) in [5, 5.41) is 12.6. The zero-order chi connectivity index (χ0) is 23.2. The Bertz CT molecular complexity index is 1080. The molecule has 172 valence electrons.